The third-order valence-corrected chi connectivity index (χ3v) is 2.88. The topological polar surface area (TPSA) is 56.9 Å². The molecule has 4 heteroatoms. The summed E-state index contributed by atoms with van der Waals surface area (Å²) in [4.78, 5) is 5.14. The third kappa shape index (κ3) is 2.53. The van der Waals surface area contributed by atoms with Crippen molar-refractivity contribution in [1.29, 1.82) is 5.26 Å². The second-order valence-corrected chi connectivity index (χ2v) is 4.19. The largest absolute Gasteiger partial charge is 0.508 e. The molecule has 3 nitrogen and oxygen atoms in total. The first-order chi connectivity index (χ1) is 7.78. The lowest BCUT2D eigenvalue weighted by Gasteiger charge is -2.00. The molecule has 1 aromatic carbocycles. The van der Waals surface area contributed by atoms with Crippen LogP contribution in [0.3, 0.4) is 0 Å². The Balaban J connectivity index is 2.15. The summed E-state index contributed by atoms with van der Waals surface area (Å²) in [6.07, 6.45) is 1.54. The lowest BCUT2D eigenvalue weighted by molar-refractivity contribution is 0.475. The van der Waals surface area contributed by atoms with Gasteiger partial charge in [0.2, 0.25) is 0 Å². The molecule has 0 bridgehead atoms. The normalized spacial score (nSPS) is 9.69. The van der Waals surface area contributed by atoms with E-state index in [0.29, 0.717) is 5.56 Å². The number of nitrogens with zero attached hydrogens (tertiary/aromatic N) is 2. The predicted molar refractivity (Wildman–Crippen MR) is 61.2 cm³/mol. The molecule has 0 aliphatic carbocycles. The highest BCUT2D eigenvalue weighted by molar-refractivity contribution is 7.99. The number of hydrogen-bond acceptors (Lipinski definition) is 4. The molecule has 0 atom stereocenters. The molecule has 0 aliphatic heterocycles. The van der Waals surface area contributed by atoms with Crippen molar-refractivity contribution in [2.24, 2.45) is 0 Å². The molecule has 1 N–H and O–H groups in total. The maximum atomic E-state index is 9.13. The molecule has 2 rings (SSSR count). The van der Waals surface area contributed by atoms with Crippen molar-refractivity contribution in [3.05, 3.63) is 48.2 Å². The molecule has 0 saturated heterocycles. The van der Waals surface area contributed by atoms with Crippen LogP contribution in [0.15, 0.2) is 52.5 Å². The van der Waals surface area contributed by atoms with Gasteiger partial charge in [-0.05, 0) is 36.4 Å². The first-order valence-electron chi connectivity index (χ1n) is 4.61. The van der Waals surface area contributed by atoms with Crippen LogP contribution in [0.1, 0.15) is 5.56 Å². The molecule has 0 unspecified atom stereocenters. The van der Waals surface area contributed by atoms with Crippen LogP contribution >= 0.6 is 11.8 Å². The maximum absolute atomic E-state index is 9.13. The minimum atomic E-state index is 0.247. The van der Waals surface area contributed by atoms with Gasteiger partial charge in [0, 0.05) is 11.1 Å². The first-order valence-corrected chi connectivity index (χ1v) is 5.42. The zero-order valence-electron chi connectivity index (χ0n) is 8.29. The van der Waals surface area contributed by atoms with Gasteiger partial charge < -0.3 is 5.11 Å². The van der Waals surface area contributed by atoms with Gasteiger partial charge in [-0.3, -0.25) is 0 Å². The summed E-state index contributed by atoms with van der Waals surface area (Å²) in [6.45, 7) is 0. The highest BCUT2D eigenvalue weighted by Crippen LogP contribution is 2.27. The lowest BCUT2D eigenvalue weighted by Crippen LogP contribution is -1.81. The second kappa shape index (κ2) is 4.69. The number of benzene rings is 1. The lowest BCUT2D eigenvalue weighted by atomic mass is 10.3. The molecule has 0 saturated carbocycles. The van der Waals surface area contributed by atoms with Gasteiger partial charge in [0.15, 0.2) is 0 Å². The average molecular weight is 228 g/mol. The van der Waals surface area contributed by atoms with Crippen molar-refractivity contribution in [1.82, 2.24) is 4.98 Å². The fourth-order valence-electron chi connectivity index (χ4n) is 1.14. The zero-order valence-corrected chi connectivity index (χ0v) is 9.11. The number of pyridine rings is 1. The van der Waals surface area contributed by atoms with E-state index in [4.69, 9.17) is 10.4 Å². The molecular formula is C12H8N2OS. The first kappa shape index (κ1) is 10.5. The Hall–Kier alpha value is -1.99. The van der Waals surface area contributed by atoms with Crippen molar-refractivity contribution in [3.8, 4) is 11.8 Å². The SMILES string of the molecule is N#Cc1ccc(Sc2ccc(O)cc2)nc1. The number of phenolic OH excluding ortho intramolecular Hbond substituents is 1. The minimum Gasteiger partial charge on any atom is -0.508 e. The zero-order chi connectivity index (χ0) is 11.4. The highest BCUT2D eigenvalue weighted by Gasteiger charge is 1.99. The molecule has 78 valence electrons. The number of hydrogen-bond donors (Lipinski definition) is 1. The van der Waals surface area contributed by atoms with Crippen molar-refractivity contribution >= 4 is 11.8 Å². The standard InChI is InChI=1S/C12H8N2OS/c13-7-9-1-6-12(14-8-9)16-11-4-2-10(15)3-5-11/h1-6,8,15H. The van der Waals surface area contributed by atoms with Gasteiger partial charge in [-0.15, -0.1) is 0 Å². The van der Waals surface area contributed by atoms with Crippen LogP contribution in [0.25, 0.3) is 0 Å². The Morgan fingerprint density at radius 1 is 1.12 bits per heavy atom. The van der Waals surface area contributed by atoms with E-state index in [-0.39, 0.29) is 5.75 Å². The summed E-state index contributed by atoms with van der Waals surface area (Å²) in [5.41, 5.74) is 0.551. The summed E-state index contributed by atoms with van der Waals surface area (Å²) in [7, 11) is 0. The van der Waals surface area contributed by atoms with Crippen LogP contribution in [0.5, 0.6) is 5.75 Å². The summed E-state index contributed by atoms with van der Waals surface area (Å²) >= 11 is 1.48. The number of rotatable bonds is 2. The number of aromatic hydroxyl groups is 1. The Morgan fingerprint density at radius 2 is 1.88 bits per heavy atom. The Bertz CT molecular complexity index is 514. The van der Waals surface area contributed by atoms with E-state index in [1.165, 1.54) is 11.8 Å². The number of nitriles is 1. The van der Waals surface area contributed by atoms with E-state index in [2.05, 4.69) is 4.98 Å². The van der Waals surface area contributed by atoms with E-state index in [1.807, 2.05) is 18.2 Å². The Morgan fingerprint density at radius 3 is 2.44 bits per heavy atom. The van der Waals surface area contributed by atoms with E-state index < -0.39 is 0 Å². The molecule has 0 amide bonds. The predicted octanol–water partition coefficient (Wildman–Crippen LogP) is 2.81. The van der Waals surface area contributed by atoms with E-state index in [0.717, 1.165) is 9.92 Å². The fourth-order valence-corrected chi connectivity index (χ4v) is 1.90. The van der Waals surface area contributed by atoms with Crippen molar-refractivity contribution in [2.45, 2.75) is 9.92 Å². The van der Waals surface area contributed by atoms with Crippen LogP contribution in [0.2, 0.25) is 0 Å². The molecule has 0 spiro atoms. The summed E-state index contributed by atoms with van der Waals surface area (Å²) in [6, 6.07) is 12.5. The van der Waals surface area contributed by atoms with Gasteiger partial charge in [-0.2, -0.15) is 5.26 Å². The summed E-state index contributed by atoms with van der Waals surface area (Å²) in [5, 5.41) is 18.6. The summed E-state index contributed by atoms with van der Waals surface area (Å²) < 4.78 is 0. The molecular weight excluding hydrogens is 220 g/mol. The monoisotopic (exact) mass is 228 g/mol. The van der Waals surface area contributed by atoms with Crippen molar-refractivity contribution in [3.63, 3.8) is 0 Å². The van der Waals surface area contributed by atoms with Gasteiger partial charge in [-0.25, -0.2) is 4.98 Å². The van der Waals surface area contributed by atoms with Crippen molar-refractivity contribution < 1.29 is 5.11 Å². The van der Waals surface area contributed by atoms with Gasteiger partial charge in [0.05, 0.1) is 5.56 Å². The smallest absolute Gasteiger partial charge is 0.115 e. The van der Waals surface area contributed by atoms with Crippen molar-refractivity contribution in [2.75, 3.05) is 0 Å². The molecule has 0 fully saturated rings. The molecule has 16 heavy (non-hydrogen) atoms. The van der Waals surface area contributed by atoms with Crippen LogP contribution in [-0.2, 0) is 0 Å². The number of phenols is 1. The molecule has 0 aliphatic rings. The minimum absolute atomic E-state index is 0.247. The molecule has 1 aromatic heterocycles. The second-order valence-electron chi connectivity index (χ2n) is 3.09. The van der Waals surface area contributed by atoms with Crippen LogP contribution in [0, 0.1) is 11.3 Å². The van der Waals surface area contributed by atoms with Crippen LogP contribution in [-0.4, -0.2) is 10.1 Å². The van der Waals surface area contributed by atoms with Crippen LogP contribution in [0.4, 0.5) is 0 Å². The van der Waals surface area contributed by atoms with Gasteiger partial charge in [-0.1, -0.05) is 11.8 Å². The number of aromatic nitrogens is 1. The van der Waals surface area contributed by atoms with E-state index >= 15 is 0 Å². The third-order valence-electron chi connectivity index (χ3n) is 1.92. The molecule has 1 heterocycles. The molecule has 2 aromatic rings. The van der Waals surface area contributed by atoms with E-state index in [9.17, 15) is 0 Å². The quantitative estimate of drug-likeness (QED) is 0.858. The Kier molecular flexibility index (Phi) is 3.08. The fraction of sp³-hybridized carbons (Fsp3) is 0. The average Bonchev–Trinajstić information content (AvgIpc) is 2.33. The van der Waals surface area contributed by atoms with Crippen LogP contribution < -0.4 is 0 Å². The van der Waals surface area contributed by atoms with Gasteiger partial charge >= 0.3 is 0 Å². The van der Waals surface area contributed by atoms with Gasteiger partial charge in [0.1, 0.15) is 16.8 Å². The Labute approximate surface area is 97.4 Å². The molecule has 0 radical (unpaired) electrons. The van der Waals surface area contributed by atoms with E-state index in [1.54, 1.807) is 30.5 Å². The maximum Gasteiger partial charge on any atom is 0.115 e. The highest BCUT2D eigenvalue weighted by atomic mass is 32.2. The van der Waals surface area contributed by atoms with Gasteiger partial charge in [0.25, 0.3) is 0 Å². The summed E-state index contributed by atoms with van der Waals surface area (Å²) in [5.74, 6) is 0.247.